The summed E-state index contributed by atoms with van der Waals surface area (Å²) in [6, 6.07) is 60.3. The van der Waals surface area contributed by atoms with Crippen LogP contribution in [0.25, 0.3) is 76.1 Å². The molecule has 9 aromatic rings. The zero-order chi connectivity index (χ0) is 30.9. The van der Waals surface area contributed by atoms with E-state index in [2.05, 4.69) is 169 Å². The van der Waals surface area contributed by atoms with Crippen molar-refractivity contribution in [2.75, 3.05) is 5.32 Å². The van der Waals surface area contributed by atoms with E-state index in [-0.39, 0.29) is 5.37 Å². The molecule has 1 N–H and O–H groups in total. The van der Waals surface area contributed by atoms with Crippen molar-refractivity contribution in [1.29, 1.82) is 0 Å². The Labute approximate surface area is 277 Å². The van der Waals surface area contributed by atoms with Crippen molar-refractivity contribution >= 4 is 71.3 Å². The predicted octanol–water partition coefficient (Wildman–Crippen LogP) is 13.0. The van der Waals surface area contributed by atoms with Crippen LogP contribution in [0.4, 0.5) is 5.69 Å². The summed E-state index contributed by atoms with van der Waals surface area (Å²) < 4.78 is 0. The Morgan fingerprint density at radius 1 is 0.383 bits per heavy atom. The lowest BCUT2D eigenvalue weighted by atomic mass is 9.91. The number of hydrogen-bond donors (Lipinski definition) is 1. The minimum atomic E-state index is 0.217. The van der Waals surface area contributed by atoms with Crippen LogP contribution in [-0.2, 0) is 0 Å². The number of fused-ring (bicyclic) bond motifs is 11. The van der Waals surface area contributed by atoms with Crippen molar-refractivity contribution in [2.45, 2.75) is 10.3 Å². The molecular weight excluding hydrogens is 587 g/mol. The van der Waals surface area contributed by atoms with Gasteiger partial charge in [-0.1, -0.05) is 157 Å². The van der Waals surface area contributed by atoms with Crippen LogP contribution in [0.2, 0.25) is 0 Å². The minimum absolute atomic E-state index is 0.217. The molecule has 1 atom stereocenters. The van der Waals surface area contributed by atoms with E-state index in [9.17, 15) is 0 Å². The normalized spacial score (nSPS) is 14.3. The van der Waals surface area contributed by atoms with E-state index in [1.807, 2.05) is 11.8 Å². The summed E-state index contributed by atoms with van der Waals surface area (Å²) in [7, 11) is 0. The average Bonchev–Trinajstić information content (AvgIpc) is 3.60. The fraction of sp³-hybridized carbons (Fsp3) is 0.0222. The molecule has 0 aromatic heterocycles. The molecule has 1 unspecified atom stereocenters. The van der Waals surface area contributed by atoms with Crippen LogP contribution < -0.4 is 5.32 Å². The quantitative estimate of drug-likeness (QED) is 0.198. The molecule has 0 bridgehead atoms. The van der Waals surface area contributed by atoms with E-state index in [4.69, 9.17) is 0 Å². The number of hydrogen-bond acceptors (Lipinski definition) is 2. The molecule has 0 radical (unpaired) electrons. The molecule has 1 aliphatic heterocycles. The summed E-state index contributed by atoms with van der Waals surface area (Å²) in [6.07, 6.45) is 0. The lowest BCUT2D eigenvalue weighted by Crippen LogP contribution is -2.00. The van der Waals surface area contributed by atoms with Gasteiger partial charge in [0.2, 0.25) is 0 Å². The molecule has 0 saturated carbocycles. The molecule has 1 heterocycles. The first-order valence-electron chi connectivity index (χ1n) is 16.2. The van der Waals surface area contributed by atoms with Gasteiger partial charge in [-0.3, -0.25) is 0 Å². The Hall–Kier alpha value is -5.57. The molecule has 1 nitrogen and oxygen atoms in total. The van der Waals surface area contributed by atoms with Gasteiger partial charge in [-0.2, -0.15) is 0 Å². The van der Waals surface area contributed by atoms with Crippen molar-refractivity contribution < 1.29 is 0 Å². The van der Waals surface area contributed by atoms with E-state index < -0.39 is 0 Å². The van der Waals surface area contributed by atoms with Crippen LogP contribution in [0.3, 0.4) is 0 Å². The second-order valence-corrected chi connectivity index (χ2v) is 13.6. The molecule has 0 spiro atoms. The van der Waals surface area contributed by atoms with Crippen molar-refractivity contribution in [2.24, 2.45) is 0 Å². The van der Waals surface area contributed by atoms with Gasteiger partial charge in [0.25, 0.3) is 0 Å². The third kappa shape index (κ3) is 4.26. The Morgan fingerprint density at radius 3 is 1.55 bits per heavy atom. The maximum Gasteiger partial charge on any atom is 0.103 e. The first-order valence-corrected chi connectivity index (χ1v) is 17.1. The van der Waals surface area contributed by atoms with Gasteiger partial charge in [0.1, 0.15) is 5.37 Å². The zero-order valence-electron chi connectivity index (χ0n) is 25.6. The second kappa shape index (κ2) is 10.5. The zero-order valence-corrected chi connectivity index (χ0v) is 26.4. The molecule has 220 valence electrons. The summed E-state index contributed by atoms with van der Waals surface area (Å²) in [5, 5.41) is 17.0. The van der Waals surface area contributed by atoms with Gasteiger partial charge >= 0.3 is 0 Å². The number of rotatable bonds is 3. The van der Waals surface area contributed by atoms with Crippen molar-refractivity contribution in [3.63, 3.8) is 0 Å². The SMILES string of the molecule is c1ccc(C2Nc3ccc4ccc5ccc(-c6ccc(-c7ccc8c9ccccc9c9ccccc9c8c7)cc6)cc5c4c3S2)cc1. The van der Waals surface area contributed by atoms with E-state index in [1.54, 1.807) is 0 Å². The van der Waals surface area contributed by atoms with E-state index in [0.717, 1.165) is 0 Å². The third-order valence-electron chi connectivity index (χ3n) is 9.88. The highest BCUT2D eigenvalue weighted by molar-refractivity contribution is 8.00. The van der Waals surface area contributed by atoms with E-state index in [1.165, 1.54) is 92.3 Å². The standard InChI is InChI=1S/C45H29NS/c1-2-8-32(9-3-1)45-46-42-25-23-31-20-18-30-19-21-33(26-40(30)43(31)44(42)47-45)28-14-16-29(17-15-28)34-22-24-39-37-12-5-4-10-35(37)36-11-6-7-13-38(36)41(39)27-34/h1-27,45-46H. The number of thioether (sulfide) groups is 1. The van der Waals surface area contributed by atoms with Gasteiger partial charge in [0.15, 0.2) is 0 Å². The molecule has 47 heavy (non-hydrogen) atoms. The van der Waals surface area contributed by atoms with E-state index >= 15 is 0 Å². The Bertz CT molecular complexity index is 2640. The van der Waals surface area contributed by atoms with Crippen LogP contribution in [0.1, 0.15) is 10.9 Å². The molecule has 0 amide bonds. The maximum atomic E-state index is 3.77. The van der Waals surface area contributed by atoms with Gasteiger partial charge in [0.05, 0.1) is 0 Å². The van der Waals surface area contributed by atoms with Crippen LogP contribution in [0.15, 0.2) is 169 Å². The average molecular weight is 616 g/mol. The topological polar surface area (TPSA) is 12.0 Å². The lowest BCUT2D eigenvalue weighted by molar-refractivity contribution is 1.14. The maximum absolute atomic E-state index is 3.77. The first kappa shape index (κ1) is 26.6. The minimum Gasteiger partial charge on any atom is -0.368 e. The van der Waals surface area contributed by atoms with Crippen molar-refractivity contribution in [3.05, 3.63) is 169 Å². The summed E-state index contributed by atoms with van der Waals surface area (Å²) >= 11 is 1.93. The van der Waals surface area contributed by atoms with Crippen LogP contribution in [-0.4, -0.2) is 0 Å². The van der Waals surface area contributed by atoms with Crippen LogP contribution in [0.5, 0.6) is 0 Å². The highest BCUT2D eigenvalue weighted by atomic mass is 32.2. The van der Waals surface area contributed by atoms with Gasteiger partial charge in [-0.15, -0.1) is 0 Å². The first-order chi connectivity index (χ1) is 23.3. The highest BCUT2D eigenvalue weighted by Gasteiger charge is 2.25. The van der Waals surface area contributed by atoms with Gasteiger partial charge in [-0.05, 0) is 94.5 Å². The molecule has 2 heteroatoms. The molecule has 0 saturated heterocycles. The monoisotopic (exact) mass is 615 g/mol. The third-order valence-corrected chi connectivity index (χ3v) is 11.2. The van der Waals surface area contributed by atoms with Crippen molar-refractivity contribution in [3.8, 4) is 22.3 Å². The molecular formula is C45H29NS. The Kier molecular flexibility index (Phi) is 5.94. The number of benzene rings is 9. The second-order valence-electron chi connectivity index (χ2n) is 12.5. The summed E-state index contributed by atoms with van der Waals surface area (Å²) in [5.74, 6) is 0. The molecule has 1 aliphatic rings. The fourth-order valence-corrected chi connectivity index (χ4v) is 8.85. The highest BCUT2D eigenvalue weighted by Crippen LogP contribution is 2.51. The van der Waals surface area contributed by atoms with Crippen LogP contribution >= 0.6 is 11.8 Å². The molecule has 10 rings (SSSR count). The molecule has 0 fully saturated rings. The number of anilines is 1. The van der Waals surface area contributed by atoms with Crippen molar-refractivity contribution in [1.82, 2.24) is 0 Å². The lowest BCUT2D eigenvalue weighted by Gasteiger charge is -2.13. The molecule has 0 aliphatic carbocycles. The van der Waals surface area contributed by atoms with Gasteiger partial charge in [-0.25, -0.2) is 0 Å². The summed E-state index contributed by atoms with van der Waals surface area (Å²) in [4.78, 5) is 1.34. The molecule has 9 aromatic carbocycles. The van der Waals surface area contributed by atoms with E-state index in [0.29, 0.717) is 0 Å². The van der Waals surface area contributed by atoms with Gasteiger partial charge < -0.3 is 5.32 Å². The largest absolute Gasteiger partial charge is 0.368 e. The van der Waals surface area contributed by atoms with Gasteiger partial charge in [0, 0.05) is 16.0 Å². The Balaban J connectivity index is 1.05. The Morgan fingerprint density at radius 2 is 0.872 bits per heavy atom. The summed E-state index contributed by atoms with van der Waals surface area (Å²) in [6.45, 7) is 0. The van der Waals surface area contributed by atoms with Crippen LogP contribution in [0, 0.1) is 0 Å². The fourth-order valence-electron chi connectivity index (χ4n) is 7.54. The number of nitrogens with one attached hydrogen (secondary N) is 1. The summed E-state index contributed by atoms with van der Waals surface area (Å²) in [5.41, 5.74) is 7.45. The smallest absolute Gasteiger partial charge is 0.103 e. The predicted molar refractivity (Wildman–Crippen MR) is 204 cm³/mol.